The lowest BCUT2D eigenvalue weighted by Gasteiger charge is -2.14. The molecule has 118 valence electrons. The van der Waals surface area contributed by atoms with E-state index in [0.717, 1.165) is 25.7 Å². The van der Waals surface area contributed by atoms with Crippen LogP contribution in [0.25, 0.3) is 0 Å². The van der Waals surface area contributed by atoms with Crippen LogP contribution >= 0.6 is 0 Å². The van der Waals surface area contributed by atoms with E-state index in [-0.39, 0.29) is 24.3 Å². The monoisotopic (exact) mass is 286 g/mol. The molecule has 3 unspecified atom stereocenters. The van der Waals surface area contributed by atoms with E-state index in [1.165, 1.54) is 0 Å². The number of aliphatic carboxylic acids is 1. The van der Waals surface area contributed by atoms with Crippen LogP contribution in [0.4, 0.5) is 0 Å². The van der Waals surface area contributed by atoms with E-state index in [0.29, 0.717) is 18.9 Å². The van der Waals surface area contributed by atoms with Crippen molar-refractivity contribution in [3.63, 3.8) is 0 Å². The Bertz CT molecular complexity index is 293. The van der Waals surface area contributed by atoms with E-state index >= 15 is 0 Å². The Kier molecular flexibility index (Phi) is 10.1. The van der Waals surface area contributed by atoms with Gasteiger partial charge in [0.2, 0.25) is 5.91 Å². The fraction of sp³-hybridized carbons (Fsp3) is 0.867. The maximum Gasteiger partial charge on any atom is 0.303 e. The summed E-state index contributed by atoms with van der Waals surface area (Å²) in [6, 6.07) is 0.195. The maximum atomic E-state index is 11.8. The number of carbonyl (C=O) groups excluding carboxylic acids is 1. The third-order valence-corrected chi connectivity index (χ3v) is 3.53. The summed E-state index contributed by atoms with van der Waals surface area (Å²) in [5, 5.41) is 11.5. The van der Waals surface area contributed by atoms with Gasteiger partial charge < -0.3 is 16.2 Å². The third-order valence-electron chi connectivity index (χ3n) is 3.53. The molecule has 0 saturated carbocycles. The number of rotatable bonds is 11. The average molecular weight is 286 g/mol. The molecule has 0 fully saturated rings. The molecule has 0 rings (SSSR count). The molecular formula is C15H30N2O3. The van der Waals surface area contributed by atoms with Gasteiger partial charge in [0.1, 0.15) is 0 Å². The van der Waals surface area contributed by atoms with E-state index in [1.54, 1.807) is 0 Å². The third kappa shape index (κ3) is 10.8. The van der Waals surface area contributed by atoms with Crippen LogP contribution in [0.2, 0.25) is 0 Å². The summed E-state index contributed by atoms with van der Waals surface area (Å²) >= 11 is 0. The van der Waals surface area contributed by atoms with E-state index < -0.39 is 5.97 Å². The van der Waals surface area contributed by atoms with Gasteiger partial charge in [-0.3, -0.25) is 9.59 Å². The quantitative estimate of drug-likeness (QED) is 0.542. The minimum Gasteiger partial charge on any atom is -0.481 e. The number of hydrogen-bond acceptors (Lipinski definition) is 3. The molecule has 0 spiro atoms. The van der Waals surface area contributed by atoms with Gasteiger partial charge in [-0.15, -0.1) is 0 Å². The number of amides is 1. The largest absolute Gasteiger partial charge is 0.481 e. The summed E-state index contributed by atoms with van der Waals surface area (Å²) in [5.74, 6) is -0.341. The highest BCUT2D eigenvalue weighted by atomic mass is 16.4. The van der Waals surface area contributed by atoms with E-state index in [1.807, 2.05) is 20.8 Å². The second kappa shape index (κ2) is 10.7. The van der Waals surface area contributed by atoms with Gasteiger partial charge in [0, 0.05) is 24.9 Å². The molecule has 4 N–H and O–H groups in total. The van der Waals surface area contributed by atoms with Crippen molar-refractivity contribution in [3.05, 3.63) is 0 Å². The number of hydrogen-bond donors (Lipinski definition) is 3. The Balaban J connectivity index is 3.67. The molecule has 0 radical (unpaired) electrons. The number of carbonyl (C=O) groups is 2. The second-order valence-electron chi connectivity index (χ2n) is 5.93. The molecule has 20 heavy (non-hydrogen) atoms. The normalized spacial score (nSPS) is 15.4. The van der Waals surface area contributed by atoms with Crippen molar-refractivity contribution in [1.29, 1.82) is 0 Å². The van der Waals surface area contributed by atoms with Crippen LogP contribution < -0.4 is 11.1 Å². The van der Waals surface area contributed by atoms with Gasteiger partial charge in [-0.2, -0.15) is 0 Å². The van der Waals surface area contributed by atoms with Crippen molar-refractivity contribution >= 4 is 11.9 Å². The zero-order chi connectivity index (χ0) is 15.5. The van der Waals surface area contributed by atoms with Gasteiger partial charge >= 0.3 is 5.97 Å². The van der Waals surface area contributed by atoms with Gasteiger partial charge in [-0.05, 0) is 38.5 Å². The van der Waals surface area contributed by atoms with Gasteiger partial charge in [0.05, 0.1) is 0 Å². The molecular weight excluding hydrogens is 256 g/mol. The molecule has 0 bridgehead atoms. The van der Waals surface area contributed by atoms with Crippen LogP contribution in [0.3, 0.4) is 0 Å². The fourth-order valence-corrected chi connectivity index (χ4v) is 2.01. The van der Waals surface area contributed by atoms with Crippen LogP contribution in [-0.2, 0) is 9.59 Å². The Hall–Kier alpha value is -1.10. The molecule has 0 aromatic carbocycles. The molecule has 0 aromatic heterocycles. The van der Waals surface area contributed by atoms with Crippen molar-refractivity contribution < 1.29 is 14.7 Å². The molecule has 0 aliphatic heterocycles. The first-order valence-electron chi connectivity index (χ1n) is 7.58. The first-order valence-corrected chi connectivity index (χ1v) is 7.58. The minimum atomic E-state index is -0.761. The van der Waals surface area contributed by atoms with Crippen LogP contribution in [0.1, 0.15) is 59.3 Å². The Morgan fingerprint density at radius 2 is 1.75 bits per heavy atom. The summed E-state index contributed by atoms with van der Waals surface area (Å²) in [6.07, 6.45) is 4.47. The van der Waals surface area contributed by atoms with Crippen molar-refractivity contribution in [2.45, 2.75) is 65.3 Å². The highest BCUT2D eigenvalue weighted by Crippen LogP contribution is 2.11. The summed E-state index contributed by atoms with van der Waals surface area (Å²) in [4.78, 5) is 22.3. The van der Waals surface area contributed by atoms with Crippen molar-refractivity contribution in [1.82, 2.24) is 5.32 Å². The van der Waals surface area contributed by atoms with Crippen molar-refractivity contribution in [2.75, 3.05) is 6.54 Å². The van der Waals surface area contributed by atoms with E-state index in [9.17, 15) is 9.59 Å². The topological polar surface area (TPSA) is 92.4 Å². The molecule has 0 heterocycles. The van der Waals surface area contributed by atoms with Crippen LogP contribution in [0.5, 0.6) is 0 Å². The molecule has 3 atom stereocenters. The molecule has 0 aliphatic carbocycles. The van der Waals surface area contributed by atoms with Gasteiger partial charge in [-0.1, -0.05) is 20.3 Å². The Labute approximate surface area is 122 Å². The minimum absolute atomic E-state index is 0.0167. The zero-order valence-corrected chi connectivity index (χ0v) is 13.0. The Morgan fingerprint density at radius 3 is 2.30 bits per heavy atom. The number of carboxylic acid groups (broad SMARTS) is 1. The molecule has 0 aromatic rings. The first-order chi connectivity index (χ1) is 9.32. The number of nitrogens with one attached hydrogen (secondary N) is 1. The van der Waals surface area contributed by atoms with Crippen LogP contribution in [0, 0.1) is 11.8 Å². The standard InChI is InChI=1S/C15H30N2O3/c1-11(7-8-14(18)19)9-10-17-15(20)12(2)5-4-6-13(3)16/h11-13H,4-10,16H2,1-3H3,(H,17,20)(H,18,19). The zero-order valence-electron chi connectivity index (χ0n) is 13.0. The van der Waals surface area contributed by atoms with Crippen LogP contribution in [-0.4, -0.2) is 29.6 Å². The second-order valence-corrected chi connectivity index (χ2v) is 5.93. The predicted molar refractivity (Wildman–Crippen MR) is 80.3 cm³/mol. The summed E-state index contributed by atoms with van der Waals surface area (Å²) in [5.41, 5.74) is 5.68. The lowest BCUT2D eigenvalue weighted by molar-refractivity contribution is -0.137. The van der Waals surface area contributed by atoms with Gasteiger partial charge in [0.15, 0.2) is 0 Å². The lowest BCUT2D eigenvalue weighted by atomic mass is 10.00. The van der Waals surface area contributed by atoms with Crippen LogP contribution in [0.15, 0.2) is 0 Å². The SMILES string of the molecule is CC(N)CCCC(C)C(=O)NCCC(C)CCC(=O)O. The summed E-state index contributed by atoms with van der Waals surface area (Å²) in [6.45, 7) is 6.55. The van der Waals surface area contributed by atoms with Crippen molar-refractivity contribution in [2.24, 2.45) is 17.6 Å². The van der Waals surface area contributed by atoms with E-state index in [4.69, 9.17) is 10.8 Å². The highest BCUT2D eigenvalue weighted by Gasteiger charge is 2.13. The molecule has 1 amide bonds. The predicted octanol–water partition coefficient (Wildman–Crippen LogP) is 2.15. The summed E-state index contributed by atoms with van der Waals surface area (Å²) < 4.78 is 0. The molecule has 0 saturated heterocycles. The number of nitrogens with two attached hydrogens (primary N) is 1. The smallest absolute Gasteiger partial charge is 0.303 e. The lowest BCUT2D eigenvalue weighted by Crippen LogP contribution is -2.31. The highest BCUT2D eigenvalue weighted by molar-refractivity contribution is 5.78. The fourth-order valence-electron chi connectivity index (χ4n) is 2.01. The summed E-state index contributed by atoms with van der Waals surface area (Å²) in [7, 11) is 0. The number of carboxylic acids is 1. The Morgan fingerprint density at radius 1 is 1.10 bits per heavy atom. The van der Waals surface area contributed by atoms with Gasteiger partial charge in [-0.25, -0.2) is 0 Å². The average Bonchev–Trinajstić information content (AvgIpc) is 2.35. The maximum absolute atomic E-state index is 11.8. The van der Waals surface area contributed by atoms with Gasteiger partial charge in [0.25, 0.3) is 0 Å². The molecule has 5 nitrogen and oxygen atoms in total. The molecule has 5 heteroatoms. The van der Waals surface area contributed by atoms with Crippen molar-refractivity contribution in [3.8, 4) is 0 Å². The molecule has 0 aliphatic rings. The first kappa shape index (κ1) is 18.9. The van der Waals surface area contributed by atoms with E-state index in [2.05, 4.69) is 5.32 Å².